The Bertz CT molecular complexity index is 1070. The molecule has 3 aromatic rings. The highest BCUT2D eigenvalue weighted by Crippen LogP contribution is 2.36. The molecule has 1 aliphatic heterocycles. The molecule has 5 nitrogen and oxygen atoms in total. The van der Waals surface area contributed by atoms with Crippen molar-refractivity contribution in [1.29, 1.82) is 5.26 Å². The highest BCUT2D eigenvalue weighted by molar-refractivity contribution is 6.12. The molecule has 5 heteroatoms. The number of fused-ring (bicyclic) bond motifs is 1. The summed E-state index contributed by atoms with van der Waals surface area (Å²) in [6, 6.07) is 22.6. The van der Waals surface area contributed by atoms with Crippen LogP contribution in [0.3, 0.4) is 0 Å². The van der Waals surface area contributed by atoms with Crippen LogP contribution in [0.25, 0.3) is 11.8 Å². The minimum absolute atomic E-state index is 0.148. The van der Waals surface area contributed by atoms with E-state index in [0.717, 1.165) is 11.1 Å². The Labute approximate surface area is 157 Å². The maximum atomic E-state index is 13.1. The van der Waals surface area contributed by atoms with Gasteiger partial charge in [0.15, 0.2) is 0 Å². The van der Waals surface area contributed by atoms with Crippen LogP contribution < -0.4 is 5.01 Å². The fourth-order valence-corrected chi connectivity index (χ4v) is 3.14. The Morgan fingerprint density at radius 2 is 1.81 bits per heavy atom. The molecule has 0 saturated carbocycles. The van der Waals surface area contributed by atoms with E-state index in [4.69, 9.17) is 0 Å². The van der Waals surface area contributed by atoms with Gasteiger partial charge in [0.05, 0.1) is 22.9 Å². The summed E-state index contributed by atoms with van der Waals surface area (Å²) in [6.07, 6.45) is 3.64. The van der Waals surface area contributed by atoms with Crippen molar-refractivity contribution in [2.24, 2.45) is 0 Å². The molecule has 0 fully saturated rings. The maximum Gasteiger partial charge on any atom is 0.277 e. The molecule has 0 aliphatic carbocycles. The minimum Gasteiger partial charge on any atom is -0.267 e. The van der Waals surface area contributed by atoms with Crippen molar-refractivity contribution in [2.75, 3.05) is 12.1 Å². The molecule has 0 bridgehead atoms. The maximum absolute atomic E-state index is 13.1. The van der Waals surface area contributed by atoms with Gasteiger partial charge in [-0.25, -0.2) is 9.99 Å². The number of carbonyl (C=O) groups excluding carboxylic acids is 1. The van der Waals surface area contributed by atoms with Crippen molar-refractivity contribution in [3.05, 3.63) is 95.2 Å². The number of hydrazine groups is 1. The SMILES string of the molecule is CN(c1ccccn1)N1C(=O)c2ccc(C#N)cc2/C1=C/c1ccccc1. The second-order valence-corrected chi connectivity index (χ2v) is 6.14. The fraction of sp³-hybridized carbons (Fsp3) is 0.0455. The highest BCUT2D eigenvalue weighted by atomic mass is 16.2. The summed E-state index contributed by atoms with van der Waals surface area (Å²) in [5.41, 5.74) is 3.51. The zero-order valence-corrected chi connectivity index (χ0v) is 14.7. The molecule has 0 radical (unpaired) electrons. The van der Waals surface area contributed by atoms with E-state index in [1.807, 2.05) is 54.6 Å². The van der Waals surface area contributed by atoms with Crippen molar-refractivity contribution in [1.82, 2.24) is 9.99 Å². The first-order chi connectivity index (χ1) is 13.2. The summed E-state index contributed by atoms with van der Waals surface area (Å²) >= 11 is 0. The smallest absolute Gasteiger partial charge is 0.267 e. The lowest BCUT2D eigenvalue weighted by atomic mass is 10.0. The Hall–Kier alpha value is -3.91. The normalized spacial score (nSPS) is 14.1. The number of hydrogen-bond donors (Lipinski definition) is 0. The van der Waals surface area contributed by atoms with Gasteiger partial charge in [-0.05, 0) is 42.0 Å². The van der Waals surface area contributed by atoms with E-state index in [2.05, 4.69) is 11.1 Å². The molecule has 0 spiro atoms. The molecule has 1 aliphatic rings. The van der Waals surface area contributed by atoms with Crippen LogP contribution in [-0.4, -0.2) is 22.9 Å². The lowest BCUT2D eigenvalue weighted by Crippen LogP contribution is -2.39. The molecule has 2 aromatic carbocycles. The number of carbonyl (C=O) groups is 1. The van der Waals surface area contributed by atoms with Crippen molar-refractivity contribution in [3.8, 4) is 6.07 Å². The van der Waals surface area contributed by atoms with Gasteiger partial charge >= 0.3 is 0 Å². The third-order valence-electron chi connectivity index (χ3n) is 4.46. The molecule has 0 N–H and O–H groups in total. The number of amides is 1. The van der Waals surface area contributed by atoms with E-state index in [1.54, 1.807) is 41.5 Å². The van der Waals surface area contributed by atoms with Gasteiger partial charge in [0, 0.05) is 18.8 Å². The summed E-state index contributed by atoms with van der Waals surface area (Å²) in [4.78, 5) is 17.5. The van der Waals surface area contributed by atoms with Crippen molar-refractivity contribution in [2.45, 2.75) is 0 Å². The van der Waals surface area contributed by atoms with E-state index >= 15 is 0 Å². The largest absolute Gasteiger partial charge is 0.277 e. The molecule has 1 amide bonds. The lowest BCUT2D eigenvalue weighted by molar-refractivity contribution is 0.0844. The van der Waals surface area contributed by atoms with Gasteiger partial charge in [-0.1, -0.05) is 36.4 Å². The molecule has 0 saturated heterocycles. The van der Waals surface area contributed by atoms with E-state index in [9.17, 15) is 10.1 Å². The average molecular weight is 352 g/mol. The van der Waals surface area contributed by atoms with Crippen molar-refractivity contribution in [3.63, 3.8) is 0 Å². The van der Waals surface area contributed by atoms with Gasteiger partial charge in [-0.2, -0.15) is 5.26 Å². The molecule has 27 heavy (non-hydrogen) atoms. The number of pyridine rings is 1. The van der Waals surface area contributed by atoms with Gasteiger partial charge in [-0.15, -0.1) is 0 Å². The van der Waals surface area contributed by atoms with Crippen LogP contribution in [0, 0.1) is 11.3 Å². The van der Waals surface area contributed by atoms with E-state index in [1.165, 1.54) is 0 Å². The van der Waals surface area contributed by atoms with Gasteiger partial charge < -0.3 is 0 Å². The summed E-state index contributed by atoms with van der Waals surface area (Å²) in [5, 5.41) is 12.6. The quantitative estimate of drug-likeness (QED) is 0.716. The topological polar surface area (TPSA) is 60.2 Å². The lowest BCUT2D eigenvalue weighted by Gasteiger charge is -2.30. The van der Waals surface area contributed by atoms with Gasteiger partial charge in [0.25, 0.3) is 5.91 Å². The predicted octanol–water partition coefficient (Wildman–Crippen LogP) is 3.96. The molecule has 2 heterocycles. The first kappa shape index (κ1) is 16.6. The van der Waals surface area contributed by atoms with E-state index in [0.29, 0.717) is 22.6 Å². The Morgan fingerprint density at radius 1 is 1.04 bits per heavy atom. The predicted molar refractivity (Wildman–Crippen MR) is 104 cm³/mol. The summed E-state index contributed by atoms with van der Waals surface area (Å²) < 4.78 is 0. The standard InChI is InChI=1S/C22H16N4O/c1-25(21-9-5-6-12-24-21)26-20(14-16-7-3-2-4-8-16)19-13-17(15-23)10-11-18(19)22(26)27/h2-14H,1H3/b20-14-. The number of nitrogens with zero attached hydrogens (tertiary/aromatic N) is 4. The molecule has 0 unspecified atom stereocenters. The zero-order chi connectivity index (χ0) is 18.8. The monoisotopic (exact) mass is 352 g/mol. The number of nitriles is 1. The zero-order valence-electron chi connectivity index (χ0n) is 14.7. The van der Waals surface area contributed by atoms with Crippen LogP contribution in [0.2, 0.25) is 0 Å². The van der Waals surface area contributed by atoms with Crippen LogP contribution in [-0.2, 0) is 0 Å². The van der Waals surface area contributed by atoms with Gasteiger partial charge in [0.1, 0.15) is 5.82 Å². The number of rotatable bonds is 3. The first-order valence-corrected chi connectivity index (χ1v) is 8.49. The number of benzene rings is 2. The Morgan fingerprint density at radius 3 is 2.52 bits per heavy atom. The Kier molecular flexibility index (Phi) is 4.15. The van der Waals surface area contributed by atoms with Crippen molar-refractivity contribution < 1.29 is 4.79 Å². The van der Waals surface area contributed by atoms with E-state index in [-0.39, 0.29) is 5.91 Å². The molecular weight excluding hydrogens is 336 g/mol. The van der Waals surface area contributed by atoms with Crippen LogP contribution in [0.15, 0.2) is 72.9 Å². The van der Waals surface area contributed by atoms with Crippen molar-refractivity contribution >= 4 is 23.5 Å². The van der Waals surface area contributed by atoms with Gasteiger partial charge in [0.2, 0.25) is 0 Å². The number of aromatic nitrogens is 1. The fourth-order valence-electron chi connectivity index (χ4n) is 3.14. The third-order valence-corrected chi connectivity index (χ3v) is 4.46. The second-order valence-electron chi connectivity index (χ2n) is 6.14. The van der Waals surface area contributed by atoms with Crippen LogP contribution in [0.5, 0.6) is 0 Å². The van der Waals surface area contributed by atoms with Crippen LogP contribution in [0.1, 0.15) is 27.0 Å². The van der Waals surface area contributed by atoms with E-state index < -0.39 is 0 Å². The number of anilines is 1. The van der Waals surface area contributed by atoms with Crippen LogP contribution in [0.4, 0.5) is 5.82 Å². The molecule has 1 aromatic heterocycles. The minimum atomic E-state index is -0.148. The molecule has 0 atom stereocenters. The number of hydrogen-bond acceptors (Lipinski definition) is 4. The first-order valence-electron chi connectivity index (χ1n) is 8.49. The summed E-state index contributed by atoms with van der Waals surface area (Å²) in [7, 11) is 1.80. The van der Waals surface area contributed by atoms with Crippen LogP contribution >= 0.6 is 0 Å². The molecular formula is C22H16N4O. The summed E-state index contributed by atoms with van der Waals surface area (Å²) in [6.45, 7) is 0. The Balaban J connectivity index is 1.88. The summed E-state index contributed by atoms with van der Waals surface area (Å²) in [5.74, 6) is 0.503. The average Bonchev–Trinajstić information content (AvgIpc) is 3.00. The molecule has 130 valence electrons. The third kappa shape index (κ3) is 2.94. The van der Waals surface area contributed by atoms with Gasteiger partial charge in [-0.3, -0.25) is 9.80 Å². The highest BCUT2D eigenvalue weighted by Gasteiger charge is 2.35. The second kappa shape index (κ2) is 6.77. The molecule has 4 rings (SSSR count).